The molecule has 0 aliphatic heterocycles. The second kappa shape index (κ2) is 7.29. The summed E-state index contributed by atoms with van der Waals surface area (Å²) >= 11 is 0. The molecule has 1 saturated carbocycles. The number of rotatable bonds is 5. The lowest BCUT2D eigenvalue weighted by Gasteiger charge is -2.25. The molecule has 22 heavy (non-hydrogen) atoms. The molecule has 7 nitrogen and oxygen atoms in total. The first-order valence-corrected chi connectivity index (χ1v) is 7.80. The molecule has 1 unspecified atom stereocenters. The number of anilines is 1. The summed E-state index contributed by atoms with van der Waals surface area (Å²) in [7, 11) is 3.29. The van der Waals surface area contributed by atoms with Crippen LogP contribution in [-0.2, 0) is 4.79 Å². The highest BCUT2D eigenvalue weighted by Crippen LogP contribution is 2.31. The zero-order valence-electron chi connectivity index (χ0n) is 13.5. The van der Waals surface area contributed by atoms with Crippen molar-refractivity contribution in [2.75, 3.05) is 19.4 Å². The second-order valence-electron chi connectivity index (χ2n) is 5.87. The van der Waals surface area contributed by atoms with Gasteiger partial charge < -0.3 is 10.2 Å². The number of hydrogen-bond acceptors (Lipinski definition) is 3. The minimum atomic E-state index is -0.226. The summed E-state index contributed by atoms with van der Waals surface area (Å²) in [5.74, 6) is 0.638. The van der Waals surface area contributed by atoms with Crippen LogP contribution in [0.1, 0.15) is 45.1 Å². The molecular weight excluding hydrogens is 282 g/mol. The van der Waals surface area contributed by atoms with E-state index in [2.05, 4.69) is 15.7 Å². The SMILES string of the molecule is CNC(=O)CC(C)N(C)C(=O)Nc1ccnn1C1CCCC1. The lowest BCUT2D eigenvalue weighted by Crippen LogP contribution is -2.41. The van der Waals surface area contributed by atoms with Gasteiger partial charge in [-0.1, -0.05) is 12.8 Å². The van der Waals surface area contributed by atoms with Gasteiger partial charge >= 0.3 is 6.03 Å². The molecule has 7 heteroatoms. The fraction of sp³-hybridized carbons (Fsp3) is 0.667. The van der Waals surface area contributed by atoms with Gasteiger partial charge in [-0.3, -0.25) is 10.1 Å². The standard InChI is InChI=1S/C15H25N5O2/c1-11(10-14(21)16-2)19(3)15(22)18-13-8-9-17-20(13)12-6-4-5-7-12/h8-9,11-12H,4-7,10H2,1-3H3,(H,16,21)(H,18,22). The first-order chi connectivity index (χ1) is 10.5. The Kier molecular flexibility index (Phi) is 5.41. The average Bonchev–Trinajstić information content (AvgIpc) is 3.16. The Morgan fingerprint density at radius 1 is 1.45 bits per heavy atom. The molecule has 1 aromatic heterocycles. The Morgan fingerprint density at radius 2 is 2.14 bits per heavy atom. The summed E-state index contributed by atoms with van der Waals surface area (Å²) in [6.45, 7) is 1.85. The van der Waals surface area contributed by atoms with Gasteiger partial charge in [-0.15, -0.1) is 0 Å². The van der Waals surface area contributed by atoms with Crippen molar-refractivity contribution in [1.82, 2.24) is 20.0 Å². The van der Waals surface area contributed by atoms with Crippen LogP contribution in [0.25, 0.3) is 0 Å². The summed E-state index contributed by atoms with van der Waals surface area (Å²) in [5.41, 5.74) is 0. The second-order valence-corrected chi connectivity index (χ2v) is 5.87. The summed E-state index contributed by atoms with van der Waals surface area (Å²) < 4.78 is 1.90. The molecular formula is C15H25N5O2. The van der Waals surface area contributed by atoms with Crippen molar-refractivity contribution < 1.29 is 9.59 Å². The van der Waals surface area contributed by atoms with E-state index < -0.39 is 0 Å². The summed E-state index contributed by atoms with van der Waals surface area (Å²) in [6.07, 6.45) is 6.62. The highest BCUT2D eigenvalue weighted by atomic mass is 16.2. The molecule has 0 bridgehead atoms. The van der Waals surface area contributed by atoms with Gasteiger partial charge in [0.25, 0.3) is 0 Å². The molecule has 2 N–H and O–H groups in total. The number of nitrogens with one attached hydrogen (secondary N) is 2. The fourth-order valence-corrected chi connectivity index (χ4v) is 2.76. The van der Waals surface area contributed by atoms with Crippen LogP contribution in [0.15, 0.2) is 12.3 Å². The van der Waals surface area contributed by atoms with Gasteiger partial charge in [0, 0.05) is 32.6 Å². The molecule has 3 amide bonds. The van der Waals surface area contributed by atoms with E-state index in [0.29, 0.717) is 6.04 Å². The number of amides is 3. The largest absolute Gasteiger partial charge is 0.359 e. The Morgan fingerprint density at radius 3 is 2.77 bits per heavy atom. The van der Waals surface area contributed by atoms with Gasteiger partial charge in [-0.25, -0.2) is 9.48 Å². The predicted octanol–water partition coefficient (Wildman–Crippen LogP) is 1.99. The monoisotopic (exact) mass is 307 g/mol. The molecule has 2 rings (SSSR count). The minimum Gasteiger partial charge on any atom is -0.359 e. The van der Waals surface area contributed by atoms with Crippen LogP contribution in [0.2, 0.25) is 0 Å². The van der Waals surface area contributed by atoms with E-state index in [1.807, 2.05) is 17.7 Å². The van der Waals surface area contributed by atoms with E-state index in [4.69, 9.17) is 0 Å². The number of aromatic nitrogens is 2. The van der Waals surface area contributed by atoms with Crippen LogP contribution in [-0.4, -0.2) is 46.8 Å². The van der Waals surface area contributed by atoms with Gasteiger partial charge in [0.2, 0.25) is 5.91 Å². The molecule has 1 aliphatic rings. The van der Waals surface area contributed by atoms with Gasteiger partial charge in [-0.2, -0.15) is 5.10 Å². The van der Waals surface area contributed by atoms with E-state index in [-0.39, 0.29) is 24.4 Å². The van der Waals surface area contributed by atoms with Crippen molar-refractivity contribution in [3.63, 3.8) is 0 Å². The third-order valence-electron chi connectivity index (χ3n) is 4.32. The van der Waals surface area contributed by atoms with Crippen LogP contribution in [0.3, 0.4) is 0 Å². The van der Waals surface area contributed by atoms with Crippen LogP contribution in [0, 0.1) is 0 Å². The molecule has 0 radical (unpaired) electrons. The highest BCUT2D eigenvalue weighted by molar-refractivity contribution is 5.89. The normalized spacial score (nSPS) is 16.3. The Labute approximate surface area is 131 Å². The van der Waals surface area contributed by atoms with Gasteiger partial charge in [0.15, 0.2) is 0 Å². The lowest BCUT2D eigenvalue weighted by molar-refractivity contribution is -0.121. The third kappa shape index (κ3) is 3.78. The number of nitrogens with zero attached hydrogens (tertiary/aromatic N) is 3. The third-order valence-corrected chi connectivity index (χ3v) is 4.32. The van der Waals surface area contributed by atoms with Crippen molar-refractivity contribution in [1.29, 1.82) is 0 Å². The van der Waals surface area contributed by atoms with Crippen LogP contribution in [0.4, 0.5) is 10.6 Å². The molecule has 0 aromatic carbocycles. The summed E-state index contributed by atoms with van der Waals surface area (Å²) in [6, 6.07) is 1.78. The molecule has 1 atom stereocenters. The van der Waals surface area contributed by atoms with E-state index in [1.54, 1.807) is 25.2 Å². The number of carbonyl (C=O) groups is 2. The quantitative estimate of drug-likeness (QED) is 0.873. The van der Waals surface area contributed by atoms with Crippen molar-refractivity contribution >= 4 is 17.8 Å². The maximum absolute atomic E-state index is 12.3. The Hall–Kier alpha value is -2.05. The van der Waals surface area contributed by atoms with Crippen molar-refractivity contribution in [2.45, 2.75) is 51.1 Å². The van der Waals surface area contributed by atoms with Crippen molar-refractivity contribution in [3.05, 3.63) is 12.3 Å². The number of hydrogen-bond donors (Lipinski definition) is 2. The molecule has 1 heterocycles. The highest BCUT2D eigenvalue weighted by Gasteiger charge is 2.23. The van der Waals surface area contributed by atoms with E-state index in [9.17, 15) is 9.59 Å². The van der Waals surface area contributed by atoms with Gasteiger partial charge in [0.1, 0.15) is 5.82 Å². The maximum atomic E-state index is 12.3. The smallest absolute Gasteiger partial charge is 0.322 e. The molecule has 1 fully saturated rings. The van der Waals surface area contributed by atoms with Crippen molar-refractivity contribution in [3.8, 4) is 0 Å². The zero-order valence-corrected chi connectivity index (χ0v) is 13.5. The van der Waals surface area contributed by atoms with Gasteiger partial charge in [-0.05, 0) is 19.8 Å². The molecule has 1 aromatic rings. The lowest BCUT2D eigenvalue weighted by atomic mass is 10.2. The van der Waals surface area contributed by atoms with E-state index in [0.717, 1.165) is 18.7 Å². The predicted molar refractivity (Wildman–Crippen MR) is 84.7 cm³/mol. The van der Waals surface area contributed by atoms with Crippen molar-refractivity contribution in [2.24, 2.45) is 0 Å². The number of carbonyl (C=O) groups excluding carboxylic acids is 2. The van der Waals surface area contributed by atoms with E-state index >= 15 is 0 Å². The average molecular weight is 307 g/mol. The first-order valence-electron chi connectivity index (χ1n) is 7.80. The number of urea groups is 1. The van der Waals surface area contributed by atoms with Gasteiger partial charge in [0.05, 0.1) is 12.2 Å². The summed E-state index contributed by atoms with van der Waals surface area (Å²) in [4.78, 5) is 25.3. The molecule has 122 valence electrons. The minimum absolute atomic E-state index is 0.0804. The molecule has 1 aliphatic carbocycles. The molecule has 0 spiro atoms. The van der Waals surface area contributed by atoms with Crippen LogP contribution < -0.4 is 10.6 Å². The van der Waals surface area contributed by atoms with Crippen LogP contribution >= 0.6 is 0 Å². The topological polar surface area (TPSA) is 79.3 Å². The van der Waals surface area contributed by atoms with E-state index in [1.165, 1.54) is 12.8 Å². The fourth-order valence-electron chi connectivity index (χ4n) is 2.76. The maximum Gasteiger partial charge on any atom is 0.322 e. The Bertz CT molecular complexity index is 522. The Balaban J connectivity index is 1.96. The molecule has 0 saturated heterocycles. The zero-order chi connectivity index (χ0) is 16.1. The van der Waals surface area contributed by atoms with Crippen LogP contribution in [0.5, 0.6) is 0 Å². The first kappa shape index (κ1) is 16.3. The summed E-state index contributed by atoms with van der Waals surface area (Å²) in [5, 5.41) is 9.80.